The SMILES string of the molecule is CCc1ccccc1-n1c(O)c(C=Nc2ccc(C(=O)N(CC)CC)cc2)c(=O)[nH]c1=O. The van der Waals surface area contributed by atoms with Crippen molar-refractivity contribution in [1.29, 1.82) is 0 Å². The average Bonchev–Trinajstić information content (AvgIpc) is 2.80. The van der Waals surface area contributed by atoms with Crippen LogP contribution in [0.3, 0.4) is 0 Å². The second-order valence-corrected chi connectivity index (χ2v) is 7.10. The van der Waals surface area contributed by atoms with Crippen LogP contribution in [-0.2, 0) is 6.42 Å². The summed E-state index contributed by atoms with van der Waals surface area (Å²) in [4.78, 5) is 45.4. The number of nitrogens with one attached hydrogen (secondary N) is 1. The second kappa shape index (κ2) is 9.91. The van der Waals surface area contributed by atoms with Crippen molar-refractivity contribution in [3.63, 3.8) is 0 Å². The van der Waals surface area contributed by atoms with Gasteiger partial charge >= 0.3 is 5.69 Å². The Hall–Kier alpha value is -3.94. The van der Waals surface area contributed by atoms with Crippen LogP contribution < -0.4 is 11.2 Å². The molecule has 3 aromatic rings. The molecule has 8 nitrogen and oxygen atoms in total. The van der Waals surface area contributed by atoms with Crippen molar-refractivity contribution in [3.8, 4) is 11.6 Å². The van der Waals surface area contributed by atoms with Gasteiger partial charge in [0.25, 0.3) is 11.5 Å². The topological polar surface area (TPSA) is 108 Å². The van der Waals surface area contributed by atoms with E-state index in [-0.39, 0.29) is 11.5 Å². The molecule has 3 rings (SSSR count). The van der Waals surface area contributed by atoms with E-state index in [9.17, 15) is 19.5 Å². The Morgan fingerprint density at radius 3 is 2.34 bits per heavy atom. The predicted octanol–water partition coefficient (Wildman–Crippen LogP) is 3.03. The Balaban J connectivity index is 1.97. The monoisotopic (exact) mass is 434 g/mol. The summed E-state index contributed by atoms with van der Waals surface area (Å²) in [7, 11) is 0. The summed E-state index contributed by atoms with van der Waals surface area (Å²) in [5, 5.41) is 10.7. The molecule has 0 aliphatic carbocycles. The number of rotatable bonds is 7. The first-order valence-corrected chi connectivity index (χ1v) is 10.5. The second-order valence-electron chi connectivity index (χ2n) is 7.10. The number of benzene rings is 2. The molecule has 0 saturated heterocycles. The van der Waals surface area contributed by atoms with E-state index in [4.69, 9.17) is 0 Å². The Labute approximate surface area is 185 Å². The highest BCUT2D eigenvalue weighted by molar-refractivity contribution is 5.94. The smallest absolute Gasteiger partial charge is 0.335 e. The van der Waals surface area contributed by atoms with Crippen molar-refractivity contribution in [2.75, 3.05) is 13.1 Å². The zero-order chi connectivity index (χ0) is 23.3. The van der Waals surface area contributed by atoms with Gasteiger partial charge in [-0.25, -0.2) is 9.36 Å². The van der Waals surface area contributed by atoms with Gasteiger partial charge in [0.1, 0.15) is 5.56 Å². The summed E-state index contributed by atoms with van der Waals surface area (Å²) in [6.45, 7) is 7.01. The summed E-state index contributed by atoms with van der Waals surface area (Å²) in [5.74, 6) is -0.557. The normalized spacial score (nSPS) is 11.1. The molecule has 1 aromatic heterocycles. The molecule has 0 radical (unpaired) electrons. The van der Waals surface area contributed by atoms with E-state index in [0.29, 0.717) is 36.4 Å². The fraction of sp³-hybridized carbons (Fsp3) is 0.250. The van der Waals surface area contributed by atoms with Gasteiger partial charge < -0.3 is 10.0 Å². The van der Waals surface area contributed by atoms with Gasteiger partial charge in [-0.05, 0) is 56.2 Å². The number of amides is 1. The van der Waals surface area contributed by atoms with Crippen molar-refractivity contribution in [2.45, 2.75) is 27.2 Å². The van der Waals surface area contributed by atoms with Crippen LogP contribution in [0.4, 0.5) is 5.69 Å². The molecule has 0 aliphatic heterocycles. The van der Waals surface area contributed by atoms with Gasteiger partial charge in [0.2, 0.25) is 5.88 Å². The number of carbonyl (C=O) groups is 1. The number of aromatic amines is 1. The van der Waals surface area contributed by atoms with Crippen LogP contribution in [0.25, 0.3) is 5.69 Å². The molecule has 0 bridgehead atoms. The number of hydrogen-bond acceptors (Lipinski definition) is 5. The molecule has 2 N–H and O–H groups in total. The van der Waals surface area contributed by atoms with E-state index in [0.717, 1.165) is 10.1 Å². The number of aliphatic imine (C=N–C) groups is 1. The minimum absolute atomic E-state index is 0.0683. The van der Waals surface area contributed by atoms with E-state index < -0.39 is 17.1 Å². The van der Waals surface area contributed by atoms with Crippen molar-refractivity contribution >= 4 is 17.8 Å². The molecule has 0 unspecified atom stereocenters. The van der Waals surface area contributed by atoms with Crippen LogP contribution in [0.5, 0.6) is 5.88 Å². The lowest BCUT2D eigenvalue weighted by molar-refractivity contribution is 0.0773. The van der Waals surface area contributed by atoms with E-state index >= 15 is 0 Å². The van der Waals surface area contributed by atoms with Crippen LogP contribution >= 0.6 is 0 Å². The largest absolute Gasteiger partial charge is 0.493 e. The maximum atomic E-state index is 12.4. The number of aryl methyl sites for hydroxylation is 1. The fourth-order valence-corrected chi connectivity index (χ4v) is 3.43. The summed E-state index contributed by atoms with van der Waals surface area (Å²) in [6.07, 6.45) is 1.85. The Morgan fingerprint density at radius 1 is 1.06 bits per heavy atom. The summed E-state index contributed by atoms with van der Waals surface area (Å²) in [5.41, 5.74) is 0.749. The highest BCUT2D eigenvalue weighted by atomic mass is 16.3. The number of carbonyl (C=O) groups excluding carboxylic acids is 1. The Bertz CT molecular complexity index is 1250. The number of para-hydroxylation sites is 1. The maximum absolute atomic E-state index is 12.4. The maximum Gasteiger partial charge on any atom is 0.335 e. The molecule has 0 aliphatic rings. The zero-order valence-corrected chi connectivity index (χ0v) is 18.3. The lowest BCUT2D eigenvalue weighted by atomic mass is 10.1. The van der Waals surface area contributed by atoms with Gasteiger partial charge in [-0.1, -0.05) is 25.1 Å². The molecule has 1 amide bonds. The molecular formula is C24H26N4O4. The quantitative estimate of drug-likeness (QED) is 0.557. The van der Waals surface area contributed by atoms with Crippen LogP contribution in [0, 0.1) is 0 Å². The molecule has 166 valence electrons. The van der Waals surface area contributed by atoms with Crippen LogP contribution in [0.1, 0.15) is 42.3 Å². The third kappa shape index (κ3) is 4.54. The third-order valence-corrected chi connectivity index (χ3v) is 5.24. The number of H-pyrrole nitrogens is 1. The third-order valence-electron chi connectivity index (χ3n) is 5.24. The molecule has 0 atom stereocenters. The lowest BCUT2D eigenvalue weighted by Crippen LogP contribution is -2.31. The molecule has 8 heteroatoms. The average molecular weight is 434 g/mol. The molecule has 2 aromatic carbocycles. The minimum Gasteiger partial charge on any atom is -0.493 e. The van der Waals surface area contributed by atoms with Crippen LogP contribution in [0.2, 0.25) is 0 Å². The predicted molar refractivity (Wildman–Crippen MR) is 125 cm³/mol. The summed E-state index contributed by atoms with van der Waals surface area (Å²) >= 11 is 0. The van der Waals surface area contributed by atoms with Gasteiger partial charge in [0.15, 0.2) is 0 Å². The summed E-state index contributed by atoms with van der Waals surface area (Å²) < 4.78 is 1.06. The van der Waals surface area contributed by atoms with Crippen molar-refractivity contribution in [1.82, 2.24) is 14.5 Å². The number of aromatic hydroxyl groups is 1. The van der Waals surface area contributed by atoms with Crippen molar-refractivity contribution < 1.29 is 9.90 Å². The van der Waals surface area contributed by atoms with Crippen molar-refractivity contribution in [3.05, 3.63) is 86.1 Å². The molecule has 0 fully saturated rings. The zero-order valence-electron chi connectivity index (χ0n) is 18.3. The van der Waals surface area contributed by atoms with E-state index in [2.05, 4.69) is 9.98 Å². The highest BCUT2D eigenvalue weighted by Crippen LogP contribution is 2.20. The first kappa shape index (κ1) is 22.7. The number of hydrogen-bond donors (Lipinski definition) is 2. The van der Waals surface area contributed by atoms with Gasteiger partial charge in [0, 0.05) is 24.9 Å². The molecular weight excluding hydrogens is 408 g/mol. The van der Waals surface area contributed by atoms with E-state index in [1.807, 2.05) is 32.9 Å². The molecule has 32 heavy (non-hydrogen) atoms. The van der Waals surface area contributed by atoms with Crippen LogP contribution in [-0.4, -0.2) is 44.8 Å². The first-order chi connectivity index (χ1) is 15.4. The van der Waals surface area contributed by atoms with Crippen molar-refractivity contribution in [2.24, 2.45) is 4.99 Å². The van der Waals surface area contributed by atoms with E-state index in [1.54, 1.807) is 41.3 Å². The minimum atomic E-state index is -0.741. The molecule has 0 saturated carbocycles. The number of nitrogens with zero attached hydrogens (tertiary/aromatic N) is 3. The van der Waals surface area contributed by atoms with E-state index in [1.165, 1.54) is 6.21 Å². The Kier molecular flexibility index (Phi) is 7.04. The van der Waals surface area contributed by atoms with Gasteiger partial charge in [0.05, 0.1) is 11.4 Å². The van der Waals surface area contributed by atoms with Gasteiger partial charge in [-0.2, -0.15) is 0 Å². The lowest BCUT2D eigenvalue weighted by Gasteiger charge is -2.18. The highest BCUT2D eigenvalue weighted by Gasteiger charge is 2.16. The van der Waals surface area contributed by atoms with Gasteiger partial charge in [-0.15, -0.1) is 0 Å². The van der Waals surface area contributed by atoms with Crippen LogP contribution in [0.15, 0.2) is 63.1 Å². The Morgan fingerprint density at radius 2 is 1.72 bits per heavy atom. The summed E-state index contributed by atoms with van der Waals surface area (Å²) in [6, 6.07) is 13.8. The molecule has 0 spiro atoms. The fourth-order valence-electron chi connectivity index (χ4n) is 3.43. The number of aromatic nitrogens is 2. The first-order valence-electron chi connectivity index (χ1n) is 10.5. The van der Waals surface area contributed by atoms with Gasteiger partial charge in [-0.3, -0.25) is 19.6 Å². The molecule has 1 heterocycles. The standard InChI is InChI=1S/C24H26N4O4/c1-4-16-9-7-8-10-20(16)28-23(31)19(21(29)26-24(28)32)15-25-18-13-11-17(12-14-18)22(30)27(5-2)6-3/h7-15,31H,4-6H2,1-3H3,(H,26,29,32).